The number of hydrogen-bond acceptors (Lipinski definition) is 6. The Bertz CT molecular complexity index is 583. The maximum absolute atomic E-state index is 11.3. The molecule has 0 saturated carbocycles. The van der Waals surface area contributed by atoms with Crippen LogP contribution >= 0.6 is 0 Å². The van der Waals surface area contributed by atoms with Crippen LogP contribution in [0.5, 0.6) is 0 Å². The zero-order valence-electron chi connectivity index (χ0n) is 12.3. The number of carbonyl (C=O) groups excluding carboxylic acids is 2. The molecular formula is C14H17N3O5. The zero-order chi connectivity index (χ0) is 16.7. The molecule has 0 aromatic heterocycles. The third-order valence-corrected chi connectivity index (χ3v) is 2.56. The fourth-order valence-electron chi connectivity index (χ4n) is 1.44. The van der Waals surface area contributed by atoms with Crippen molar-refractivity contribution in [2.75, 3.05) is 11.9 Å². The number of benzene rings is 1. The van der Waals surface area contributed by atoms with Crippen molar-refractivity contribution in [2.24, 2.45) is 0 Å². The van der Waals surface area contributed by atoms with Crippen LogP contribution in [0.15, 0.2) is 36.4 Å². The standard InChI is InChI=1S/C14H17N3O5/c1-9(2)13(18)16-14(19)22-8-10(3)15-11-4-6-12(7-5-11)17(20)21/h4-7,10,15H,1,8H2,2-3H3,(H,16,18,19). The van der Waals surface area contributed by atoms with E-state index < -0.39 is 16.9 Å². The molecule has 1 rings (SSSR count). The Morgan fingerprint density at radius 2 is 1.95 bits per heavy atom. The summed E-state index contributed by atoms with van der Waals surface area (Å²) in [6.45, 7) is 6.65. The van der Waals surface area contributed by atoms with Gasteiger partial charge in [-0.2, -0.15) is 0 Å². The van der Waals surface area contributed by atoms with Crippen molar-refractivity contribution in [3.05, 3.63) is 46.5 Å². The molecule has 22 heavy (non-hydrogen) atoms. The van der Waals surface area contributed by atoms with Gasteiger partial charge in [0.15, 0.2) is 0 Å². The normalized spacial score (nSPS) is 11.2. The van der Waals surface area contributed by atoms with Crippen LogP contribution in [0.2, 0.25) is 0 Å². The molecule has 0 heterocycles. The molecule has 1 unspecified atom stereocenters. The van der Waals surface area contributed by atoms with Crippen LogP contribution in [-0.2, 0) is 9.53 Å². The topological polar surface area (TPSA) is 111 Å². The van der Waals surface area contributed by atoms with Crippen LogP contribution in [-0.4, -0.2) is 29.6 Å². The highest BCUT2D eigenvalue weighted by molar-refractivity contribution is 6.01. The van der Waals surface area contributed by atoms with Crippen LogP contribution in [0, 0.1) is 10.1 Å². The maximum atomic E-state index is 11.3. The SMILES string of the molecule is C=C(C)C(=O)NC(=O)OCC(C)Nc1ccc([N+](=O)[O-])cc1. The summed E-state index contributed by atoms with van der Waals surface area (Å²) >= 11 is 0. The molecule has 1 aromatic rings. The number of hydrogen-bond donors (Lipinski definition) is 2. The first-order valence-corrected chi connectivity index (χ1v) is 6.44. The monoisotopic (exact) mass is 307 g/mol. The second-order valence-corrected chi connectivity index (χ2v) is 4.68. The zero-order valence-corrected chi connectivity index (χ0v) is 12.3. The van der Waals surface area contributed by atoms with Gasteiger partial charge in [0, 0.05) is 23.4 Å². The number of nitrogens with zero attached hydrogens (tertiary/aromatic N) is 1. The first-order valence-electron chi connectivity index (χ1n) is 6.44. The Kier molecular flexibility index (Phi) is 6.06. The van der Waals surface area contributed by atoms with Crippen molar-refractivity contribution in [1.29, 1.82) is 0 Å². The second kappa shape index (κ2) is 7.77. The second-order valence-electron chi connectivity index (χ2n) is 4.68. The summed E-state index contributed by atoms with van der Waals surface area (Å²) < 4.78 is 4.88. The number of carbonyl (C=O) groups is 2. The smallest absolute Gasteiger partial charge is 0.414 e. The van der Waals surface area contributed by atoms with E-state index in [9.17, 15) is 19.7 Å². The minimum atomic E-state index is -0.856. The van der Waals surface area contributed by atoms with E-state index in [0.29, 0.717) is 5.69 Å². The number of anilines is 1. The number of rotatable bonds is 6. The molecule has 118 valence electrons. The molecule has 0 aliphatic rings. The van der Waals surface area contributed by atoms with Gasteiger partial charge in [-0.05, 0) is 26.0 Å². The molecule has 0 fully saturated rings. The van der Waals surface area contributed by atoms with Crippen LogP contribution in [0.3, 0.4) is 0 Å². The Balaban J connectivity index is 2.41. The van der Waals surface area contributed by atoms with Gasteiger partial charge in [-0.15, -0.1) is 0 Å². The third-order valence-electron chi connectivity index (χ3n) is 2.56. The Morgan fingerprint density at radius 1 is 1.36 bits per heavy atom. The minimum Gasteiger partial charge on any atom is -0.447 e. The van der Waals surface area contributed by atoms with Gasteiger partial charge in [-0.25, -0.2) is 4.79 Å². The van der Waals surface area contributed by atoms with Gasteiger partial charge in [0.25, 0.3) is 11.6 Å². The molecule has 0 aliphatic carbocycles. The van der Waals surface area contributed by atoms with Crippen molar-refractivity contribution in [2.45, 2.75) is 19.9 Å². The summed E-state index contributed by atoms with van der Waals surface area (Å²) in [4.78, 5) is 32.6. The van der Waals surface area contributed by atoms with E-state index in [0.717, 1.165) is 0 Å². The lowest BCUT2D eigenvalue weighted by Crippen LogP contribution is -2.34. The van der Waals surface area contributed by atoms with Gasteiger partial charge >= 0.3 is 6.09 Å². The molecule has 2 N–H and O–H groups in total. The highest BCUT2D eigenvalue weighted by Gasteiger charge is 2.11. The maximum Gasteiger partial charge on any atom is 0.414 e. The van der Waals surface area contributed by atoms with Gasteiger partial charge < -0.3 is 10.1 Å². The lowest BCUT2D eigenvalue weighted by molar-refractivity contribution is -0.384. The highest BCUT2D eigenvalue weighted by atomic mass is 16.6. The van der Waals surface area contributed by atoms with E-state index in [2.05, 4.69) is 11.9 Å². The van der Waals surface area contributed by atoms with E-state index in [1.807, 2.05) is 5.32 Å². The molecule has 0 aliphatic heterocycles. The molecule has 8 heteroatoms. The molecule has 2 amide bonds. The van der Waals surface area contributed by atoms with Gasteiger partial charge in [0.1, 0.15) is 6.61 Å². The third kappa shape index (κ3) is 5.61. The summed E-state index contributed by atoms with van der Waals surface area (Å²) in [5.41, 5.74) is 0.848. The van der Waals surface area contributed by atoms with Crippen molar-refractivity contribution in [1.82, 2.24) is 5.32 Å². The number of non-ortho nitro benzene ring substituents is 1. The van der Waals surface area contributed by atoms with Gasteiger partial charge in [0.2, 0.25) is 0 Å². The summed E-state index contributed by atoms with van der Waals surface area (Å²) in [5.74, 6) is -0.596. The fourth-order valence-corrected chi connectivity index (χ4v) is 1.44. The Hall–Kier alpha value is -2.90. The molecule has 0 saturated heterocycles. The quantitative estimate of drug-likeness (QED) is 0.473. The van der Waals surface area contributed by atoms with Crippen molar-refractivity contribution < 1.29 is 19.2 Å². The summed E-state index contributed by atoms with van der Waals surface area (Å²) in [6.07, 6.45) is -0.856. The molecule has 1 aromatic carbocycles. The first kappa shape index (κ1) is 17.2. The van der Waals surface area contributed by atoms with E-state index >= 15 is 0 Å². The van der Waals surface area contributed by atoms with Gasteiger partial charge in [-0.3, -0.25) is 20.2 Å². The first-order chi connectivity index (χ1) is 10.3. The predicted molar refractivity (Wildman–Crippen MR) is 80.5 cm³/mol. The van der Waals surface area contributed by atoms with Crippen molar-refractivity contribution in [3.63, 3.8) is 0 Å². The number of imide groups is 1. The summed E-state index contributed by atoms with van der Waals surface area (Å²) in [6, 6.07) is 5.60. The summed E-state index contributed by atoms with van der Waals surface area (Å²) in [7, 11) is 0. The molecule has 0 radical (unpaired) electrons. The van der Waals surface area contributed by atoms with Gasteiger partial charge in [0.05, 0.1) is 11.0 Å². The van der Waals surface area contributed by atoms with Crippen molar-refractivity contribution in [3.8, 4) is 0 Å². The number of nitrogens with one attached hydrogen (secondary N) is 2. The molecule has 0 spiro atoms. The summed E-state index contributed by atoms with van der Waals surface area (Å²) in [5, 5.41) is 15.6. The van der Waals surface area contributed by atoms with E-state index in [1.165, 1.54) is 19.1 Å². The van der Waals surface area contributed by atoms with E-state index in [-0.39, 0.29) is 23.9 Å². The molecule has 0 bridgehead atoms. The van der Waals surface area contributed by atoms with Crippen LogP contribution < -0.4 is 10.6 Å². The molecule has 8 nitrogen and oxygen atoms in total. The number of alkyl carbamates (subject to hydrolysis) is 1. The average molecular weight is 307 g/mol. The Morgan fingerprint density at radius 3 is 2.45 bits per heavy atom. The van der Waals surface area contributed by atoms with Crippen LogP contribution in [0.25, 0.3) is 0 Å². The molecular weight excluding hydrogens is 290 g/mol. The lowest BCUT2D eigenvalue weighted by atomic mass is 10.2. The number of nitro benzene ring substituents is 1. The average Bonchev–Trinajstić information content (AvgIpc) is 2.45. The number of amides is 2. The van der Waals surface area contributed by atoms with Crippen molar-refractivity contribution >= 4 is 23.4 Å². The lowest BCUT2D eigenvalue weighted by Gasteiger charge is -2.15. The Labute approximate surface area is 127 Å². The van der Waals surface area contributed by atoms with Crippen LogP contribution in [0.1, 0.15) is 13.8 Å². The number of ether oxygens (including phenoxy) is 1. The van der Waals surface area contributed by atoms with Gasteiger partial charge in [-0.1, -0.05) is 6.58 Å². The minimum absolute atomic E-state index is 0.00728. The van der Waals surface area contributed by atoms with E-state index in [1.54, 1.807) is 19.1 Å². The highest BCUT2D eigenvalue weighted by Crippen LogP contribution is 2.16. The molecule has 1 atom stereocenters. The van der Waals surface area contributed by atoms with E-state index in [4.69, 9.17) is 4.74 Å². The predicted octanol–water partition coefficient (Wildman–Crippen LogP) is 2.22. The number of nitro groups is 1. The van der Waals surface area contributed by atoms with Crippen LogP contribution in [0.4, 0.5) is 16.2 Å². The fraction of sp³-hybridized carbons (Fsp3) is 0.286. The largest absolute Gasteiger partial charge is 0.447 e.